The van der Waals surface area contributed by atoms with Gasteiger partial charge in [0.2, 0.25) is 0 Å². The average molecular weight is 262 g/mol. The molecule has 0 bridgehead atoms. The summed E-state index contributed by atoms with van der Waals surface area (Å²) >= 11 is 0. The van der Waals surface area contributed by atoms with Gasteiger partial charge >= 0.3 is 0 Å². The molecule has 1 heterocycles. The van der Waals surface area contributed by atoms with Crippen LogP contribution in [0.1, 0.15) is 50.6 Å². The van der Waals surface area contributed by atoms with E-state index in [0.717, 1.165) is 19.4 Å². The minimum absolute atomic E-state index is 0.131. The van der Waals surface area contributed by atoms with Crippen LogP contribution < -0.4 is 10.6 Å². The highest BCUT2D eigenvalue weighted by Gasteiger charge is 2.20. The molecule has 0 radical (unpaired) electrons. The molecule has 1 fully saturated rings. The first-order valence-corrected chi connectivity index (χ1v) is 7.49. The topological polar surface area (TPSA) is 49.5 Å². The zero-order valence-corrected chi connectivity index (χ0v) is 11.9. The monoisotopic (exact) mass is 262 g/mol. The van der Waals surface area contributed by atoms with Crippen LogP contribution in [0.25, 0.3) is 0 Å². The number of anilines is 1. The highest BCUT2D eigenvalue weighted by molar-refractivity contribution is 5.49. The largest absolute Gasteiger partial charge is 0.394 e. The van der Waals surface area contributed by atoms with E-state index < -0.39 is 0 Å². The summed E-state index contributed by atoms with van der Waals surface area (Å²) in [5.41, 5.74) is 8.46. The first-order chi connectivity index (χ1) is 9.26. The minimum atomic E-state index is 0.131. The maximum absolute atomic E-state index is 9.57. The summed E-state index contributed by atoms with van der Waals surface area (Å²) in [5, 5.41) is 9.57. The van der Waals surface area contributed by atoms with Crippen molar-refractivity contribution in [3.05, 3.63) is 29.8 Å². The van der Waals surface area contributed by atoms with Crippen molar-refractivity contribution in [2.24, 2.45) is 5.73 Å². The molecule has 0 saturated carbocycles. The van der Waals surface area contributed by atoms with Gasteiger partial charge in [-0.2, -0.15) is 0 Å². The average Bonchev–Trinajstić information content (AvgIpc) is 2.71. The van der Waals surface area contributed by atoms with Crippen LogP contribution in [-0.4, -0.2) is 24.3 Å². The third-order valence-electron chi connectivity index (χ3n) is 4.18. The summed E-state index contributed by atoms with van der Waals surface area (Å²) in [7, 11) is 0. The van der Waals surface area contributed by atoms with E-state index in [1.165, 1.54) is 30.5 Å². The normalized spacial score (nSPS) is 22.1. The molecule has 1 saturated heterocycles. The van der Waals surface area contributed by atoms with Gasteiger partial charge in [-0.3, -0.25) is 0 Å². The van der Waals surface area contributed by atoms with Gasteiger partial charge in [0.15, 0.2) is 0 Å². The fourth-order valence-corrected chi connectivity index (χ4v) is 2.86. The summed E-state index contributed by atoms with van der Waals surface area (Å²) in [6.45, 7) is 3.40. The molecule has 2 rings (SSSR count). The molecule has 19 heavy (non-hydrogen) atoms. The second-order valence-corrected chi connectivity index (χ2v) is 5.49. The van der Waals surface area contributed by atoms with Crippen LogP contribution in [0.15, 0.2) is 24.3 Å². The van der Waals surface area contributed by atoms with Crippen molar-refractivity contribution in [3.8, 4) is 0 Å². The number of nitrogens with zero attached hydrogens (tertiary/aromatic N) is 1. The Hall–Kier alpha value is -1.06. The van der Waals surface area contributed by atoms with Crippen LogP contribution in [0, 0.1) is 0 Å². The first kappa shape index (κ1) is 14.4. The van der Waals surface area contributed by atoms with Crippen LogP contribution in [0.5, 0.6) is 0 Å². The summed E-state index contributed by atoms with van der Waals surface area (Å²) in [6.07, 6.45) is 5.76. The van der Waals surface area contributed by atoms with E-state index in [0.29, 0.717) is 0 Å². The van der Waals surface area contributed by atoms with E-state index in [1.807, 2.05) is 0 Å². The van der Waals surface area contributed by atoms with Crippen molar-refractivity contribution < 1.29 is 5.11 Å². The van der Waals surface area contributed by atoms with Crippen LogP contribution >= 0.6 is 0 Å². The summed E-state index contributed by atoms with van der Waals surface area (Å²) in [5.74, 6) is 0. The maximum atomic E-state index is 9.57. The lowest BCUT2D eigenvalue weighted by Gasteiger charge is -2.31. The third kappa shape index (κ3) is 3.48. The van der Waals surface area contributed by atoms with Crippen molar-refractivity contribution in [2.75, 3.05) is 18.1 Å². The van der Waals surface area contributed by atoms with E-state index >= 15 is 0 Å². The second kappa shape index (κ2) is 6.92. The van der Waals surface area contributed by atoms with Crippen molar-refractivity contribution in [3.63, 3.8) is 0 Å². The Morgan fingerprint density at radius 3 is 2.63 bits per heavy atom. The van der Waals surface area contributed by atoms with E-state index in [2.05, 4.69) is 36.1 Å². The fourth-order valence-electron chi connectivity index (χ4n) is 2.86. The number of nitrogens with two attached hydrogens (primary N) is 1. The minimum Gasteiger partial charge on any atom is -0.394 e. The molecular formula is C16H26N2O. The Labute approximate surface area is 116 Å². The Morgan fingerprint density at radius 2 is 2.00 bits per heavy atom. The molecule has 0 amide bonds. The highest BCUT2D eigenvalue weighted by atomic mass is 16.3. The van der Waals surface area contributed by atoms with Gasteiger partial charge in [0.05, 0.1) is 12.6 Å². The molecule has 1 aliphatic heterocycles. The summed E-state index contributed by atoms with van der Waals surface area (Å²) in [4.78, 5) is 2.36. The Morgan fingerprint density at radius 1 is 1.26 bits per heavy atom. The van der Waals surface area contributed by atoms with E-state index in [-0.39, 0.29) is 18.7 Å². The van der Waals surface area contributed by atoms with Crippen LogP contribution in [-0.2, 0) is 0 Å². The van der Waals surface area contributed by atoms with Crippen LogP contribution in [0.2, 0.25) is 0 Å². The SMILES string of the molecule is CCC(N)c1ccc(N2CCCCCC2CO)cc1. The lowest BCUT2D eigenvalue weighted by Crippen LogP contribution is -2.37. The maximum Gasteiger partial charge on any atom is 0.0635 e. The second-order valence-electron chi connectivity index (χ2n) is 5.49. The molecule has 0 aromatic heterocycles. The molecule has 1 aliphatic rings. The van der Waals surface area contributed by atoms with Crippen LogP contribution in [0.3, 0.4) is 0 Å². The Kier molecular flexibility index (Phi) is 5.23. The van der Waals surface area contributed by atoms with Gasteiger partial charge in [-0.15, -0.1) is 0 Å². The highest BCUT2D eigenvalue weighted by Crippen LogP contribution is 2.25. The number of rotatable bonds is 4. The van der Waals surface area contributed by atoms with Crippen molar-refractivity contribution >= 4 is 5.69 Å². The molecule has 2 atom stereocenters. The summed E-state index contributed by atoms with van der Waals surface area (Å²) in [6, 6.07) is 8.96. The lowest BCUT2D eigenvalue weighted by molar-refractivity contribution is 0.255. The van der Waals surface area contributed by atoms with Gasteiger partial charge in [0, 0.05) is 18.3 Å². The number of hydrogen-bond donors (Lipinski definition) is 2. The quantitative estimate of drug-likeness (QED) is 0.877. The molecule has 0 aliphatic carbocycles. The zero-order valence-electron chi connectivity index (χ0n) is 11.9. The number of hydrogen-bond acceptors (Lipinski definition) is 3. The van der Waals surface area contributed by atoms with Gasteiger partial charge < -0.3 is 15.7 Å². The van der Waals surface area contributed by atoms with Gasteiger partial charge in [0.25, 0.3) is 0 Å². The zero-order chi connectivity index (χ0) is 13.7. The lowest BCUT2D eigenvalue weighted by atomic mass is 10.0. The molecular weight excluding hydrogens is 236 g/mol. The molecule has 0 spiro atoms. The summed E-state index contributed by atoms with van der Waals surface area (Å²) < 4.78 is 0. The van der Waals surface area contributed by atoms with Crippen LogP contribution in [0.4, 0.5) is 5.69 Å². The molecule has 1 aromatic carbocycles. The number of aliphatic hydroxyl groups excluding tert-OH is 1. The molecule has 106 valence electrons. The van der Waals surface area contributed by atoms with E-state index in [4.69, 9.17) is 5.73 Å². The van der Waals surface area contributed by atoms with E-state index in [9.17, 15) is 5.11 Å². The molecule has 2 unspecified atom stereocenters. The predicted molar refractivity (Wildman–Crippen MR) is 80.3 cm³/mol. The first-order valence-electron chi connectivity index (χ1n) is 7.49. The van der Waals surface area contributed by atoms with Gasteiger partial charge in [0.1, 0.15) is 0 Å². The van der Waals surface area contributed by atoms with Crippen molar-refractivity contribution in [2.45, 2.75) is 51.1 Å². The Bertz CT molecular complexity index is 377. The number of benzene rings is 1. The van der Waals surface area contributed by atoms with Crippen molar-refractivity contribution in [1.82, 2.24) is 0 Å². The van der Waals surface area contributed by atoms with Crippen molar-refractivity contribution in [1.29, 1.82) is 0 Å². The smallest absolute Gasteiger partial charge is 0.0635 e. The van der Waals surface area contributed by atoms with Gasteiger partial charge in [-0.1, -0.05) is 31.9 Å². The molecule has 1 aromatic rings. The third-order valence-corrected chi connectivity index (χ3v) is 4.18. The molecule has 3 heteroatoms. The van der Waals surface area contributed by atoms with E-state index in [1.54, 1.807) is 0 Å². The molecule has 3 N–H and O–H groups in total. The Balaban J connectivity index is 2.14. The standard InChI is InChI=1S/C16H26N2O/c1-2-16(17)13-7-9-14(10-8-13)18-11-5-3-4-6-15(18)12-19/h7-10,15-16,19H,2-6,11-12,17H2,1H3. The predicted octanol–water partition coefficient (Wildman–Crippen LogP) is 2.84. The number of aliphatic hydroxyl groups is 1. The fraction of sp³-hybridized carbons (Fsp3) is 0.625. The van der Waals surface area contributed by atoms with Gasteiger partial charge in [-0.25, -0.2) is 0 Å². The van der Waals surface area contributed by atoms with Gasteiger partial charge in [-0.05, 0) is 37.0 Å². The molecule has 3 nitrogen and oxygen atoms in total.